The molecular formula is C23H15FO3. The molecule has 0 spiro atoms. The normalized spacial score (nSPS) is 14.4. The van der Waals surface area contributed by atoms with E-state index in [9.17, 15) is 14.0 Å². The molecular weight excluding hydrogens is 343 g/mol. The number of aryl methyl sites for hydroxylation is 1. The van der Waals surface area contributed by atoms with Gasteiger partial charge in [0, 0.05) is 0 Å². The van der Waals surface area contributed by atoms with E-state index in [0.29, 0.717) is 28.7 Å². The summed E-state index contributed by atoms with van der Waals surface area (Å²) in [6.45, 7) is 2.00. The number of Topliss-reactive ketones (excluding diaryl/α,β-unsaturated/α-hetero) is 2. The Morgan fingerprint density at radius 3 is 2.04 bits per heavy atom. The molecule has 1 aliphatic carbocycles. The van der Waals surface area contributed by atoms with Crippen molar-refractivity contribution in [3.63, 3.8) is 0 Å². The molecule has 0 N–H and O–H groups in total. The van der Waals surface area contributed by atoms with Crippen LogP contribution >= 0.6 is 0 Å². The van der Waals surface area contributed by atoms with Gasteiger partial charge in [0.25, 0.3) is 0 Å². The minimum Gasteiger partial charge on any atom is -0.456 e. The van der Waals surface area contributed by atoms with Crippen LogP contribution in [0, 0.1) is 5.82 Å². The summed E-state index contributed by atoms with van der Waals surface area (Å²) in [4.78, 5) is 26.0. The van der Waals surface area contributed by atoms with E-state index in [0.717, 1.165) is 22.3 Å². The van der Waals surface area contributed by atoms with E-state index in [4.69, 9.17) is 4.42 Å². The van der Waals surface area contributed by atoms with Crippen molar-refractivity contribution >= 4 is 22.7 Å². The molecule has 5 rings (SSSR count). The highest BCUT2D eigenvalue weighted by atomic mass is 19.1. The zero-order valence-corrected chi connectivity index (χ0v) is 14.6. The van der Waals surface area contributed by atoms with E-state index in [1.165, 1.54) is 12.1 Å². The molecule has 2 bridgehead atoms. The summed E-state index contributed by atoms with van der Waals surface area (Å²) in [6, 6.07) is 15.5. The van der Waals surface area contributed by atoms with Gasteiger partial charge in [-0.25, -0.2) is 4.39 Å². The molecule has 4 heteroatoms. The number of halogens is 1. The molecule has 1 aliphatic rings. The molecule has 2 aromatic carbocycles. The van der Waals surface area contributed by atoms with Crippen LogP contribution in [0.4, 0.5) is 4.39 Å². The predicted octanol–water partition coefficient (Wildman–Crippen LogP) is 5.40. The molecule has 2 heterocycles. The van der Waals surface area contributed by atoms with Gasteiger partial charge in [0.15, 0.2) is 11.6 Å². The van der Waals surface area contributed by atoms with Crippen molar-refractivity contribution in [2.45, 2.75) is 19.3 Å². The van der Waals surface area contributed by atoms with Crippen LogP contribution in [0.3, 0.4) is 0 Å². The van der Waals surface area contributed by atoms with Crippen LogP contribution in [0.15, 0.2) is 59.0 Å². The van der Waals surface area contributed by atoms with Gasteiger partial charge in [-0.3, -0.25) is 9.59 Å². The third-order valence-corrected chi connectivity index (χ3v) is 5.38. The Bertz CT molecular complexity index is 1160. The lowest BCUT2D eigenvalue weighted by atomic mass is 9.87. The number of carbonyl (C=O) groups excluding carboxylic acids is 2. The first-order valence-electron chi connectivity index (χ1n) is 8.90. The summed E-state index contributed by atoms with van der Waals surface area (Å²) in [6.07, 6.45) is 0.688. The molecule has 0 fully saturated rings. The number of carbonyl (C=O) groups is 2. The third-order valence-electron chi connectivity index (χ3n) is 5.38. The highest BCUT2D eigenvalue weighted by Gasteiger charge is 2.45. The van der Waals surface area contributed by atoms with Crippen molar-refractivity contribution in [3.05, 3.63) is 82.7 Å². The quantitative estimate of drug-likeness (QED) is 0.461. The minimum absolute atomic E-state index is 0.186. The number of hydrogen-bond donors (Lipinski definition) is 0. The number of benzene rings is 3. The van der Waals surface area contributed by atoms with Crippen molar-refractivity contribution in [3.8, 4) is 11.1 Å². The number of rotatable bonds is 3. The maximum Gasteiger partial charge on any atom is 0.182 e. The van der Waals surface area contributed by atoms with Crippen LogP contribution in [-0.2, 0) is 6.42 Å². The fourth-order valence-corrected chi connectivity index (χ4v) is 4.05. The third kappa shape index (κ3) is 2.19. The fourth-order valence-electron chi connectivity index (χ4n) is 4.05. The highest BCUT2D eigenvalue weighted by Crippen LogP contribution is 2.43. The molecule has 0 saturated heterocycles. The predicted molar refractivity (Wildman–Crippen MR) is 100 cm³/mol. The SMILES string of the molecule is CCc1cc(-c2ccc(F)cc2)ccc1C1C(=O)c2c(c3ccc2o3)C1=O. The van der Waals surface area contributed by atoms with E-state index in [2.05, 4.69) is 0 Å². The Labute approximate surface area is 154 Å². The zero-order valence-electron chi connectivity index (χ0n) is 14.6. The van der Waals surface area contributed by atoms with Gasteiger partial charge >= 0.3 is 0 Å². The van der Waals surface area contributed by atoms with Crippen LogP contribution in [0.2, 0.25) is 0 Å². The summed E-state index contributed by atoms with van der Waals surface area (Å²) >= 11 is 0. The second-order valence-electron chi connectivity index (χ2n) is 6.85. The van der Waals surface area contributed by atoms with Crippen LogP contribution in [0.25, 0.3) is 22.3 Å². The van der Waals surface area contributed by atoms with Crippen LogP contribution in [0.1, 0.15) is 44.7 Å². The Morgan fingerprint density at radius 2 is 1.44 bits per heavy atom. The first-order valence-corrected chi connectivity index (χ1v) is 8.90. The molecule has 0 unspecified atom stereocenters. The Kier molecular flexibility index (Phi) is 3.31. The van der Waals surface area contributed by atoms with Gasteiger partial charge in [0.1, 0.15) is 22.9 Å². The van der Waals surface area contributed by atoms with Crippen molar-refractivity contribution in [2.75, 3.05) is 0 Å². The first kappa shape index (κ1) is 15.9. The van der Waals surface area contributed by atoms with Crippen molar-refractivity contribution in [1.82, 2.24) is 0 Å². The monoisotopic (exact) mass is 358 g/mol. The van der Waals surface area contributed by atoms with Gasteiger partial charge in [-0.2, -0.15) is 0 Å². The number of fused-ring (bicyclic) bond motifs is 5. The Hall–Kier alpha value is -3.27. The lowest BCUT2D eigenvalue weighted by Crippen LogP contribution is -2.15. The summed E-state index contributed by atoms with van der Waals surface area (Å²) in [5.41, 5.74) is 5.34. The molecule has 0 aliphatic heterocycles. The maximum atomic E-state index is 13.2. The summed E-state index contributed by atoms with van der Waals surface area (Å²) in [5.74, 6) is -1.46. The second-order valence-corrected chi connectivity index (χ2v) is 6.85. The topological polar surface area (TPSA) is 47.3 Å². The Balaban J connectivity index is 1.59. The molecule has 132 valence electrons. The van der Waals surface area contributed by atoms with Gasteiger partial charge in [0.05, 0.1) is 11.1 Å². The second kappa shape index (κ2) is 5.61. The van der Waals surface area contributed by atoms with Crippen LogP contribution in [-0.4, -0.2) is 11.6 Å². The zero-order chi connectivity index (χ0) is 18.7. The van der Waals surface area contributed by atoms with E-state index < -0.39 is 5.92 Å². The largest absolute Gasteiger partial charge is 0.456 e. The summed E-state index contributed by atoms with van der Waals surface area (Å²) < 4.78 is 18.7. The number of ketones is 2. The first-order chi connectivity index (χ1) is 13.1. The average molecular weight is 358 g/mol. The highest BCUT2D eigenvalue weighted by molar-refractivity contribution is 6.34. The molecule has 27 heavy (non-hydrogen) atoms. The molecule has 0 saturated carbocycles. The van der Waals surface area contributed by atoms with Gasteiger partial charge in [0.2, 0.25) is 0 Å². The van der Waals surface area contributed by atoms with Crippen LogP contribution < -0.4 is 0 Å². The molecule has 0 amide bonds. The number of furan rings is 2. The smallest absolute Gasteiger partial charge is 0.182 e. The van der Waals surface area contributed by atoms with E-state index in [1.807, 2.05) is 25.1 Å². The summed E-state index contributed by atoms with van der Waals surface area (Å²) in [5, 5.41) is 0. The van der Waals surface area contributed by atoms with Crippen LogP contribution in [0.5, 0.6) is 0 Å². The standard InChI is InChI=1S/C23H15FO3/c1-2-12-11-14(13-3-6-15(24)7-4-13)5-8-16(12)19-22(25)20-17-9-10-18(27-17)21(20)23(19)26/h3-11,19H,2H2,1H3. The molecule has 3 nitrogen and oxygen atoms in total. The molecule has 2 aromatic heterocycles. The minimum atomic E-state index is -0.805. The van der Waals surface area contributed by atoms with E-state index in [-0.39, 0.29) is 17.4 Å². The van der Waals surface area contributed by atoms with Crippen molar-refractivity contribution < 1.29 is 18.4 Å². The lowest BCUT2D eigenvalue weighted by molar-refractivity contribution is 0.0889. The van der Waals surface area contributed by atoms with Crippen molar-refractivity contribution in [1.29, 1.82) is 0 Å². The Morgan fingerprint density at radius 1 is 0.852 bits per heavy atom. The maximum absolute atomic E-state index is 13.2. The fraction of sp³-hybridized carbons (Fsp3) is 0.130. The molecule has 0 atom stereocenters. The van der Waals surface area contributed by atoms with Gasteiger partial charge in [-0.15, -0.1) is 0 Å². The van der Waals surface area contributed by atoms with E-state index in [1.54, 1.807) is 24.3 Å². The van der Waals surface area contributed by atoms with Crippen molar-refractivity contribution in [2.24, 2.45) is 0 Å². The lowest BCUT2D eigenvalue weighted by Gasteiger charge is -2.15. The van der Waals surface area contributed by atoms with Gasteiger partial charge in [-0.1, -0.05) is 37.3 Å². The number of hydrogen-bond acceptors (Lipinski definition) is 3. The average Bonchev–Trinajstić information content (AvgIpc) is 3.36. The summed E-state index contributed by atoms with van der Waals surface area (Å²) in [7, 11) is 0. The molecule has 0 radical (unpaired) electrons. The molecule has 4 aromatic rings. The van der Waals surface area contributed by atoms with Gasteiger partial charge in [-0.05, 0) is 52.9 Å². The van der Waals surface area contributed by atoms with E-state index >= 15 is 0 Å². The van der Waals surface area contributed by atoms with Gasteiger partial charge < -0.3 is 4.42 Å².